The molecule has 1 fully saturated rings. The van der Waals surface area contributed by atoms with Crippen molar-refractivity contribution >= 4 is 11.6 Å². The van der Waals surface area contributed by atoms with E-state index in [0.29, 0.717) is 13.0 Å². The lowest BCUT2D eigenvalue weighted by atomic mass is 10.1. The van der Waals surface area contributed by atoms with E-state index in [1.165, 1.54) is 0 Å². The van der Waals surface area contributed by atoms with Crippen LogP contribution in [-0.2, 0) is 4.79 Å². The summed E-state index contributed by atoms with van der Waals surface area (Å²) in [4.78, 5) is 15.7. The largest absolute Gasteiger partial charge is 0.354 e. The molecule has 2 aromatic heterocycles. The van der Waals surface area contributed by atoms with Crippen LogP contribution in [0.2, 0.25) is 0 Å². The number of nitrogens with one attached hydrogen (secondary N) is 2. The Balaban J connectivity index is 1.85. The number of carbonyl (C=O) groups is 1. The molecule has 20 heavy (non-hydrogen) atoms. The van der Waals surface area contributed by atoms with Gasteiger partial charge in [0.15, 0.2) is 5.65 Å². The average molecular weight is 273 g/mol. The standard InChI is InChI=1S/C14H19N5O/c1-8-4-13-15-7-12(10(3)19(13)18-8)9(2)17-11-5-14(20)16-6-11/h4,7,9,11,17H,5-6H2,1-3H3,(H,16,20). The molecule has 3 heterocycles. The summed E-state index contributed by atoms with van der Waals surface area (Å²) in [5, 5.41) is 10.8. The maximum atomic E-state index is 11.2. The Morgan fingerprint density at radius 1 is 1.50 bits per heavy atom. The maximum Gasteiger partial charge on any atom is 0.221 e. The van der Waals surface area contributed by atoms with Crippen LogP contribution in [0.5, 0.6) is 0 Å². The molecule has 0 spiro atoms. The molecule has 1 saturated heterocycles. The second kappa shape index (κ2) is 4.86. The molecule has 0 saturated carbocycles. The van der Waals surface area contributed by atoms with Gasteiger partial charge >= 0.3 is 0 Å². The summed E-state index contributed by atoms with van der Waals surface area (Å²) in [5.74, 6) is 0.114. The molecule has 1 aliphatic heterocycles. The van der Waals surface area contributed by atoms with Crippen LogP contribution in [0.4, 0.5) is 0 Å². The third-order valence-corrected chi connectivity index (χ3v) is 3.81. The lowest BCUT2D eigenvalue weighted by Crippen LogP contribution is -2.33. The van der Waals surface area contributed by atoms with Gasteiger partial charge < -0.3 is 10.6 Å². The van der Waals surface area contributed by atoms with Crippen molar-refractivity contribution in [2.45, 2.75) is 39.3 Å². The van der Waals surface area contributed by atoms with Crippen LogP contribution in [0.25, 0.3) is 5.65 Å². The average Bonchev–Trinajstić information content (AvgIpc) is 2.95. The van der Waals surface area contributed by atoms with Gasteiger partial charge in [0, 0.05) is 48.6 Å². The first-order chi connectivity index (χ1) is 9.54. The number of aromatic nitrogens is 3. The van der Waals surface area contributed by atoms with Gasteiger partial charge in [-0.15, -0.1) is 0 Å². The van der Waals surface area contributed by atoms with E-state index in [-0.39, 0.29) is 18.0 Å². The fraction of sp³-hybridized carbons (Fsp3) is 0.500. The van der Waals surface area contributed by atoms with Crippen LogP contribution in [0.3, 0.4) is 0 Å². The molecule has 2 unspecified atom stereocenters. The zero-order chi connectivity index (χ0) is 14.3. The number of rotatable bonds is 3. The second-order valence-corrected chi connectivity index (χ2v) is 5.45. The first-order valence-electron chi connectivity index (χ1n) is 6.89. The molecule has 1 aliphatic rings. The van der Waals surface area contributed by atoms with Crippen molar-refractivity contribution in [3.05, 3.63) is 29.2 Å². The van der Waals surface area contributed by atoms with E-state index >= 15 is 0 Å². The van der Waals surface area contributed by atoms with Gasteiger partial charge in [-0.3, -0.25) is 4.79 Å². The zero-order valence-electron chi connectivity index (χ0n) is 12.0. The monoisotopic (exact) mass is 273 g/mol. The van der Waals surface area contributed by atoms with Crippen molar-refractivity contribution in [1.29, 1.82) is 0 Å². The molecule has 2 N–H and O–H groups in total. The highest BCUT2D eigenvalue weighted by Gasteiger charge is 2.24. The van der Waals surface area contributed by atoms with E-state index in [0.717, 1.165) is 22.6 Å². The molecule has 2 aromatic rings. The normalized spacial score (nSPS) is 20.4. The highest BCUT2D eigenvalue weighted by Crippen LogP contribution is 2.19. The minimum Gasteiger partial charge on any atom is -0.354 e. The highest BCUT2D eigenvalue weighted by molar-refractivity contribution is 5.78. The molecule has 0 aromatic carbocycles. The summed E-state index contributed by atoms with van der Waals surface area (Å²) in [6.07, 6.45) is 2.44. The Morgan fingerprint density at radius 2 is 2.30 bits per heavy atom. The molecular weight excluding hydrogens is 254 g/mol. The van der Waals surface area contributed by atoms with Gasteiger partial charge in [-0.2, -0.15) is 5.10 Å². The summed E-state index contributed by atoms with van der Waals surface area (Å²) < 4.78 is 1.88. The van der Waals surface area contributed by atoms with Gasteiger partial charge in [0.2, 0.25) is 5.91 Å². The van der Waals surface area contributed by atoms with Gasteiger partial charge in [-0.1, -0.05) is 0 Å². The van der Waals surface area contributed by atoms with E-state index in [9.17, 15) is 4.79 Å². The van der Waals surface area contributed by atoms with Gasteiger partial charge in [0.1, 0.15) is 0 Å². The van der Waals surface area contributed by atoms with E-state index in [2.05, 4.69) is 27.6 Å². The quantitative estimate of drug-likeness (QED) is 0.871. The molecule has 2 atom stereocenters. The summed E-state index contributed by atoms with van der Waals surface area (Å²) in [5.41, 5.74) is 4.03. The lowest BCUT2D eigenvalue weighted by molar-refractivity contribution is -0.119. The van der Waals surface area contributed by atoms with E-state index in [1.54, 1.807) is 0 Å². The van der Waals surface area contributed by atoms with Crippen LogP contribution >= 0.6 is 0 Å². The summed E-state index contributed by atoms with van der Waals surface area (Å²) in [6, 6.07) is 2.29. The Bertz CT molecular complexity index is 663. The van der Waals surface area contributed by atoms with Crippen molar-refractivity contribution in [2.75, 3.05) is 6.54 Å². The van der Waals surface area contributed by atoms with E-state index in [1.807, 2.05) is 30.6 Å². The molecule has 0 radical (unpaired) electrons. The number of carbonyl (C=O) groups excluding carboxylic acids is 1. The van der Waals surface area contributed by atoms with Crippen LogP contribution in [-0.4, -0.2) is 33.1 Å². The molecule has 106 valence electrons. The fourth-order valence-electron chi connectivity index (χ4n) is 2.77. The zero-order valence-corrected chi connectivity index (χ0v) is 12.0. The number of hydrogen-bond acceptors (Lipinski definition) is 4. The topological polar surface area (TPSA) is 71.3 Å². The van der Waals surface area contributed by atoms with Crippen molar-refractivity contribution in [3.63, 3.8) is 0 Å². The Morgan fingerprint density at radius 3 is 3.00 bits per heavy atom. The molecule has 0 bridgehead atoms. The summed E-state index contributed by atoms with van der Waals surface area (Å²) in [7, 11) is 0. The summed E-state index contributed by atoms with van der Waals surface area (Å²) >= 11 is 0. The van der Waals surface area contributed by atoms with Gasteiger partial charge in [0.25, 0.3) is 0 Å². The number of amides is 1. The molecule has 6 heteroatoms. The van der Waals surface area contributed by atoms with Gasteiger partial charge in [-0.05, 0) is 20.8 Å². The Hall–Kier alpha value is -1.95. The summed E-state index contributed by atoms with van der Waals surface area (Å²) in [6.45, 7) is 6.80. The molecule has 3 rings (SSSR count). The Kier molecular flexibility index (Phi) is 3.17. The van der Waals surface area contributed by atoms with E-state index in [4.69, 9.17) is 0 Å². The van der Waals surface area contributed by atoms with Crippen molar-refractivity contribution < 1.29 is 4.79 Å². The molecule has 6 nitrogen and oxygen atoms in total. The first kappa shape index (κ1) is 13.1. The minimum absolute atomic E-state index is 0.114. The second-order valence-electron chi connectivity index (χ2n) is 5.45. The molecule has 1 amide bonds. The maximum absolute atomic E-state index is 11.2. The smallest absolute Gasteiger partial charge is 0.221 e. The molecular formula is C14H19N5O. The van der Waals surface area contributed by atoms with E-state index < -0.39 is 0 Å². The van der Waals surface area contributed by atoms with Crippen molar-refractivity contribution in [3.8, 4) is 0 Å². The predicted molar refractivity (Wildman–Crippen MR) is 75.4 cm³/mol. The Labute approximate surface area is 117 Å². The first-order valence-corrected chi connectivity index (χ1v) is 6.89. The third-order valence-electron chi connectivity index (χ3n) is 3.81. The number of fused-ring (bicyclic) bond motifs is 1. The number of hydrogen-bond donors (Lipinski definition) is 2. The number of aryl methyl sites for hydroxylation is 2. The van der Waals surface area contributed by atoms with Crippen LogP contribution in [0.15, 0.2) is 12.3 Å². The van der Waals surface area contributed by atoms with Crippen LogP contribution in [0.1, 0.15) is 36.3 Å². The minimum atomic E-state index is 0.114. The third kappa shape index (κ3) is 2.27. The van der Waals surface area contributed by atoms with Gasteiger partial charge in [-0.25, -0.2) is 9.50 Å². The predicted octanol–water partition coefficient (Wildman–Crippen LogP) is 0.885. The van der Waals surface area contributed by atoms with Crippen LogP contribution in [0, 0.1) is 13.8 Å². The fourth-order valence-corrected chi connectivity index (χ4v) is 2.77. The number of nitrogens with zero attached hydrogens (tertiary/aromatic N) is 3. The van der Waals surface area contributed by atoms with Crippen LogP contribution < -0.4 is 10.6 Å². The van der Waals surface area contributed by atoms with Gasteiger partial charge in [0.05, 0.1) is 5.69 Å². The van der Waals surface area contributed by atoms with Crippen molar-refractivity contribution in [2.24, 2.45) is 0 Å². The highest BCUT2D eigenvalue weighted by atomic mass is 16.1. The van der Waals surface area contributed by atoms with Crippen molar-refractivity contribution in [1.82, 2.24) is 25.2 Å². The SMILES string of the molecule is Cc1cc2ncc(C(C)NC3CNC(=O)C3)c(C)n2n1. The molecule has 0 aliphatic carbocycles. The lowest BCUT2D eigenvalue weighted by Gasteiger charge is -2.20.